The van der Waals surface area contributed by atoms with Crippen LogP contribution in [0.1, 0.15) is 22.5 Å². The van der Waals surface area contributed by atoms with Gasteiger partial charge in [0.05, 0.1) is 27.6 Å². The third-order valence-electron chi connectivity index (χ3n) is 4.56. The van der Waals surface area contributed by atoms with E-state index in [-0.39, 0.29) is 12.1 Å². The molecular formula is C21H18Cl2N4O3. The third-order valence-corrected chi connectivity index (χ3v) is 5.30. The second kappa shape index (κ2) is 9.11. The average molecular weight is 445 g/mol. The van der Waals surface area contributed by atoms with E-state index in [9.17, 15) is 14.9 Å². The minimum absolute atomic E-state index is 0.0956. The van der Waals surface area contributed by atoms with Crippen LogP contribution in [0.4, 0.5) is 5.69 Å². The maximum absolute atomic E-state index is 12.1. The van der Waals surface area contributed by atoms with Gasteiger partial charge >= 0.3 is 0 Å². The zero-order valence-corrected chi connectivity index (χ0v) is 17.7. The van der Waals surface area contributed by atoms with Crippen LogP contribution in [0.5, 0.6) is 0 Å². The van der Waals surface area contributed by atoms with Gasteiger partial charge in [-0.15, -0.1) is 0 Å². The number of halogens is 2. The largest absolute Gasteiger partial charge is 0.318 e. The van der Waals surface area contributed by atoms with Crippen molar-refractivity contribution in [3.05, 3.63) is 91.2 Å². The lowest BCUT2D eigenvalue weighted by molar-refractivity contribution is -0.385. The first-order valence-electron chi connectivity index (χ1n) is 8.96. The second-order valence-corrected chi connectivity index (χ2v) is 7.43. The standard InChI is InChI=1S/C21H18Cl2N4O3/c1-13-9-16(14(2)26(13)17-7-8-18(22)19(23)11-17)12-24-25-21(28)10-15-5-3-4-6-20(15)27(29)30/h3-9,11-12H,10H2,1-2H3,(H,25,28)/b24-12-. The number of aromatic nitrogens is 1. The molecule has 1 aromatic heterocycles. The van der Waals surface area contributed by atoms with Gasteiger partial charge < -0.3 is 4.57 Å². The molecule has 0 aliphatic carbocycles. The summed E-state index contributed by atoms with van der Waals surface area (Å²) in [5, 5.41) is 16.0. The van der Waals surface area contributed by atoms with E-state index in [0.717, 1.165) is 22.6 Å². The first-order valence-corrected chi connectivity index (χ1v) is 9.72. The fourth-order valence-corrected chi connectivity index (χ4v) is 3.46. The van der Waals surface area contributed by atoms with Crippen LogP contribution in [0.15, 0.2) is 53.6 Å². The van der Waals surface area contributed by atoms with Crippen molar-refractivity contribution in [1.29, 1.82) is 0 Å². The lowest BCUT2D eigenvalue weighted by atomic mass is 10.1. The Morgan fingerprint density at radius 2 is 1.90 bits per heavy atom. The highest BCUT2D eigenvalue weighted by Crippen LogP contribution is 2.27. The molecule has 1 heterocycles. The monoisotopic (exact) mass is 444 g/mol. The molecule has 154 valence electrons. The minimum atomic E-state index is -0.510. The summed E-state index contributed by atoms with van der Waals surface area (Å²) in [6.45, 7) is 3.87. The van der Waals surface area contributed by atoms with Crippen molar-refractivity contribution in [1.82, 2.24) is 9.99 Å². The van der Waals surface area contributed by atoms with Crippen molar-refractivity contribution in [3.63, 3.8) is 0 Å². The highest BCUT2D eigenvalue weighted by Gasteiger charge is 2.15. The number of nitro groups is 1. The Balaban J connectivity index is 1.74. The van der Waals surface area contributed by atoms with Crippen LogP contribution >= 0.6 is 23.2 Å². The maximum atomic E-state index is 12.1. The van der Waals surface area contributed by atoms with Gasteiger partial charge in [0.25, 0.3) is 5.69 Å². The Labute approximate surface area is 183 Å². The smallest absolute Gasteiger partial charge is 0.273 e. The first kappa shape index (κ1) is 21.5. The van der Waals surface area contributed by atoms with Crippen molar-refractivity contribution < 1.29 is 9.72 Å². The Morgan fingerprint density at radius 1 is 1.17 bits per heavy atom. The number of carbonyl (C=O) groups excluding carboxylic acids is 1. The number of nitro benzene ring substituents is 1. The van der Waals surface area contributed by atoms with Crippen LogP contribution in [-0.4, -0.2) is 21.6 Å². The Hall–Kier alpha value is -3.16. The molecule has 3 aromatic rings. The summed E-state index contributed by atoms with van der Waals surface area (Å²) < 4.78 is 2.00. The number of rotatable bonds is 6. The average Bonchev–Trinajstić information content (AvgIpc) is 2.98. The Morgan fingerprint density at radius 3 is 2.60 bits per heavy atom. The molecule has 0 saturated carbocycles. The van der Waals surface area contributed by atoms with Gasteiger partial charge in [0.2, 0.25) is 5.91 Å². The highest BCUT2D eigenvalue weighted by atomic mass is 35.5. The molecule has 3 rings (SSSR count). The fraction of sp³-hybridized carbons (Fsp3) is 0.143. The summed E-state index contributed by atoms with van der Waals surface area (Å²) in [7, 11) is 0. The predicted octanol–water partition coefficient (Wildman–Crippen LogP) is 5.00. The third kappa shape index (κ3) is 4.69. The topological polar surface area (TPSA) is 89.5 Å². The highest BCUT2D eigenvalue weighted by molar-refractivity contribution is 6.42. The molecule has 0 aliphatic rings. The summed E-state index contributed by atoms with van der Waals surface area (Å²) in [5.74, 6) is -0.446. The number of hydrogen-bond donors (Lipinski definition) is 1. The molecule has 1 N–H and O–H groups in total. The minimum Gasteiger partial charge on any atom is -0.318 e. The molecule has 30 heavy (non-hydrogen) atoms. The number of nitrogens with zero attached hydrogens (tertiary/aromatic N) is 3. The molecule has 0 atom stereocenters. The fourth-order valence-electron chi connectivity index (χ4n) is 3.16. The van der Waals surface area contributed by atoms with Gasteiger partial charge in [-0.25, -0.2) is 5.43 Å². The lowest BCUT2D eigenvalue weighted by Gasteiger charge is -2.10. The molecule has 0 spiro atoms. The molecule has 0 fully saturated rings. The van der Waals surface area contributed by atoms with Crippen molar-refractivity contribution in [2.24, 2.45) is 5.10 Å². The number of nitrogens with one attached hydrogen (secondary N) is 1. The van der Waals surface area contributed by atoms with Gasteiger partial charge in [-0.1, -0.05) is 41.4 Å². The van der Waals surface area contributed by atoms with Crippen molar-refractivity contribution in [2.45, 2.75) is 20.3 Å². The number of para-hydroxylation sites is 1. The molecule has 0 bridgehead atoms. The Kier molecular flexibility index (Phi) is 6.54. The van der Waals surface area contributed by atoms with Crippen LogP contribution in [-0.2, 0) is 11.2 Å². The van der Waals surface area contributed by atoms with E-state index in [1.54, 1.807) is 30.3 Å². The first-order chi connectivity index (χ1) is 14.3. The predicted molar refractivity (Wildman–Crippen MR) is 118 cm³/mol. The van der Waals surface area contributed by atoms with E-state index in [2.05, 4.69) is 10.5 Å². The quantitative estimate of drug-likeness (QED) is 0.329. The Bertz CT molecular complexity index is 1160. The molecule has 0 aliphatic heterocycles. The van der Waals surface area contributed by atoms with Gasteiger partial charge in [0, 0.05) is 34.3 Å². The molecule has 0 saturated heterocycles. The van der Waals surface area contributed by atoms with Crippen LogP contribution in [0.25, 0.3) is 5.69 Å². The van der Waals surface area contributed by atoms with Crippen molar-refractivity contribution >= 4 is 41.0 Å². The number of amides is 1. The number of aryl methyl sites for hydroxylation is 1. The lowest BCUT2D eigenvalue weighted by Crippen LogP contribution is -2.20. The van der Waals surface area contributed by atoms with Gasteiger partial charge in [-0.05, 0) is 38.1 Å². The van der Waals surface area contributed by atoms with Gasteiger partial charge in [-0.3, -0.25) is 14.9 Å². The number of hydrazone groups is 1. The summed E-state index contributed by atoms with van der Waals surface area (Å²) in [6.07, 6.45) is 1.39. The molecule has 2 aromatic carbocycles. The van der Waals surface area contributed by atoms with E-state index in [1.165, 1.54) is 12.3 Å². The number of hydrogen-bond acceptors (Lipinski definition) is 4. The molecule has 0 radical (unpaired) electrons. The number of benzene rings is 2. The summed E-state index contributed by atoms with van der Waals surface area (Å²) in [4.78, 5) is 22.7. The molecular weight excluding hydrogens is 427 g/mol. The summed E-state index contributed by atoms with van der Waals surface area (Å²) in [6, 6.07) is 13.4. The molecule has 9 heteroatoms. The van der Waals surface area contributed by atoms with E-state index < -0.39 is 10.8 Å². The molecule has 1 amide bonds. The van der Waals surface area contributed by atoms with Crippen LogP contribution in [0, 0.1) is 24.0 Å². The van der Waals surface area contributed by atoms with Crippen LogP contribution in [0.3, 0.4) is 0 Å². The SMILES string of the molecule is Cc1cc(/C=N\NC(=O)Cc2ccccc2[N+](=O)[O-])c(C)n1-c1ccc(Cl)c(Cl)c1. The molecule has 7 nitrogen and oxygen atoms in total. The van der Waals surface area contributed by atoms with Crippen LogP contribution < -0.4 is 5.43 Å². The van der Waals surface area contributed by atoms with Gasteiger partial charge in [0.1, 0.15) is 0 Å². The van der Waals surface area contributed by atoms with Crippen molar-refractivity contribution in [3.8, 4) is 5.69 Å². The van der Waals surface area contributed by atoms with E-state index in [0.29, 0.717) is 15.6 Å². The van der Waals surface area contributed by atoms with Crippen LogP contribution in [0.2, 0.25) is 10.0 Å². The zero-order valence-electron chi connectivity index (χ0n) is 16.2. The second-order valence-electron chi connectivity index (χ2n) is 6.62. The summed E-state index contributed by atoms with van der Waals surface area (Å²) in [5.41, 5.74) is 6.18. The van der Waals surface area contributed by atoms with E-state index in [4.69, 9.17) is 23.2 Å². The normalized spacial score (nSPS) is 11.1. The molecule has 0 unspecified atom stereocenters. The number of carbonyl (C=O) groups is 1. The van der Waals surface area contributed by atoms with E-state index >= 15 is 0 Å². The zero-order chi connectivity index (χ0) is 21.8. The van der Waals surface area contributed by atoms with Gasteiger partial charge in [0.15, 0.2) is 0 Å². The van der Waals surface area contributed by atoms with Gasteiger partial charge in [-0.2, -0.15) is 5.10 Å². The maximum Gasteiger partial charge on any atom is 0.273 e. The summed E-state index contributed by atoms with van der Waals surface area (Å²) >= 11 is 12.1. The van der Waals surface area contributed by atoms with Crippen molar-refractivity contribution in [2.75, 3.05) is 0 Å². The van der Waals surface area contributed by atoms with E-state index in [1.807, 2.05) is 30.5 Å².